The van der Waals surface area contributed by atoms with Gasteiger partial charge in [-0.1, -0.05) is 6.07 Å². The Bertz CT molecular complexity index is 940. The molecule has 0 bridgehead atoms. The Morgan fingerprint density at radius 1 is 1.16 bits per heavy atom. The van der Waals surface area contributed by atoms with Gasteiger partial charge in [0, 0.05) is 23.2 Å². The number of hydrogen-bond donors (Lipinski definition) is 1. The molecule has 0 atom stereocenters. The van der Waals surface area contributed by atoms with Gasteiger partial charge in [-0.15, -0.1) is 11.3 Å². The molecule has 0 aliphatic rings. The lowest BCUT2D eigenvalue weighted by Gasteiger charge is -2.05. The van der Waals surface area contributed by atoms with E-state index in [1.54, 1.807) is 25.3 Å². The van der Waals surface area contributed by atoms with E-state index in [0.29, 0.717) is 28.4 Å². The molecule has 0 aliphatic heterocycles. The second kappa shape index (κ2) is 7.06. The van der Waals surface area contributed by atoms with E-state index in [0.717, 1.165) is 22.7 Å². The van der Waals surface area contributed by atoms with Crippen LogP contribution in [0.15, 0.2) is 36.5 Å². The van der Waals surface area contributed by atoms with Gasteiger partial charge in [0.05, 0.1) is 11.3 Å². The van der Waals surface area contributed by atoms with Crippen LogP contribution in [0.1, 0.15) is 32.2 Å². The minimum Gasteiger partial charge on any atom is -0.298 e. The van der Waals surface area contributed by atoms with Crippen LogP contribution in [-0.4, -0.2) is 15.9 Å². The number of carbonyl (C=O) groups is 1. The molecule has 1 N–H and O–H groups in total. The number of halogens is 2. The van der Waals surface area contributed by atoms with Crippen LogP contribution in [-0.2, 0) is 6.42 Å². The molecule has 0 saturated heterocycles. The van der Waals surface area contributed by atoms with Crippen molar-refractivity contribution in [3.63, 3.8) is 0 Å². The lowest BCUT2D eigenvalue weighted by atomic mass is 10.1. The number of pyridine rings is 1. The molecule has 2 heterocycles. The maximum absolute atomic E-state index is 13.3. The van der Waals surface area contributed by atoms with Gasteiger partial charge in [0.1, 0.15) is 0 Å². The quantitative estimate of drug-likeness (QED) is 0.757. The summed E-state index contributed by atoms with van der Waals surface area (Å²) in [4.78, 5) is 21.6. The summed E-state index contributed by atoms with van der Waals surface area (Å²) < 4.78 is 26.2. The van der Waals surface area contributed by atoms with Crippen molar-refractivity contribution < 1.29 is 13.6 Å². The highest BCUT2D eigenvalue weighted by atomic mass is 32.1. The number of anilines is 1. The summed E-state index contributed by atoms with van der Waals surface area (Å²) in [6.45, 7) is 3.64. The molecule has 128 valence electrons. The first-order valence-corrected chi connectivity index (χ1v) is 8.38. The molecule has 1 amide bonds. The van der Waals surface area contributed by atoms with Gasteiger partial charge in [-0.2, -0.15) is 0 Å². The highest BCUT2D eigenvalue weighted by molar-refractivity contribution is 7.15. The van der Waals surface area contributed by atoms with Crippen LogP contribution in [0.25, 0.3) is 0 Å². The third-order valence-electron chi connectivity index (χ3n) is 3.61. The lowest BCUT2D eigenvalue weighted by molar-refractivity contribution is 0.102. The van der Waals surface area contributed by atoms with Crippen molar-refractivity contribution in [1.29, 1.82) is 0 Å². The fourth-order valence-electron chi connectivity index (χ4n) is 2.39. The predicted molar refractivity (Wildman–Crippen MR) is 92.9 cm³/mol. The normalized spacial score (nSPS) is 10.7. The first-order chi connectivity index (χ1) is 11.9. The molecule has 3 rings (SSSR count). The molecular weight excluding hydrogens is 344 g/mol. The monoisotopic (exact) mass is 359 g/mol. The van der Waals surface area contributed by atoms with Crippen molar-refractivity contribution in [2.45, 2.75) is 20.3 Å². The zero-order chi connectivity index (χ0) is 18.0. The van der Waals surface area contributed by atoms with Crippen LogP contribution < -0.4 is 5.32 Å². The number of carbonyl (C=O) groups excluding carboxylic acids is 1. The number of aromatic nitrogens is 2. The van der Waals surface area contributed by atoms with Crippen LogP contribution in [0.5, 0.6) is 0 Å². The summed E-state index contributed by atoms with van der Waals surface area (Å²) in [6.07, 6.45) is 2.03. The first-order valence-electron chi connectivity index (χ1n) is 7.56. The Kier molecular flexibility index (Phi) is 4.85. The predicted octanol–water partition coefficient (Wildman–Crippen LogP) is 4.28. The number of rotatable bonds is 4. The second-order valence-electron chi connectivity index (χ2n) is 5.60. The zero-order valence-electron chi connectivity index (χ0n) is 13.6. The molecule has 2 aromatic heterocycles. The number of nitrogens with one attached hydrogen (secondary N) is 1. The van der Waals surface area contributed by atoms with Gasteiger partial charge >= 0.3 is 0 Å². The van der Waals surface area contributed by atoms with Crippen molar-refractivity contribution in [3.05, 3.63) is 75.6 Å². The van der Waals surface area contributed by atoms with E-state index in [1.807, 2.05) is 6.92 Å². The third kappa shape index (κ3) is 4.06. The van der Waals surface area contributed by atoms with Gasteiger partial charge in [-0.3, -0.25) is 15.1 Å². The summed E-state index contributed by atoms with van der Waals surface area (Å²) in [5.41, 5.74) is 2.62. The van der Waals surface area contributed by atoms with Gasteiger partial charge in [-0.25, -0.2) is 13.8 Å². The number of nitrogens with zero attached hydrogens (tertiary/aromatic N) is 2. The van der Waals surface area contributed by atoms with Crippen LogP contribution in [0.2, 0.25) is 0 Å². The molecule has 0 radical (unpaired) electrons. The Morgan fingerprint density at radius 3 is 2.68 bits per heavy atom. The first kappa shape index (κ1) is 17.2. The molecule has 0 unspecified atom stereocenters. The summed E-state index contributed by atoms with van der Waals surface area (Å²) in [5, 5.41) is 3.19. The van der Waals surface area contributed by atoms with Gasteiger partial charge in [0.15, 0.2) is 16.8 Å². The highest BCUT2D eigenvalue weighted by Crippen LogP contribution is 2.23. The van der Waals surface area contributed by atoms with Crippen LogP contribution >= 0.6 is 11.3 Å². The third-order valence-corrected chi connectivity index (χ3v) is 4.52. The lowest BCUT2D eigenvalue weighted by Crippen LogP contribution is -2.14. The van der Waals surface area contributed by atoms with Crippen LogP contribution in [0.3, 0.4) is 0 Å². The molecule has 25 heavy (non-hydrogen) atoms. The molecular formula is C18H15F2N3OS. The van der Waals surface area contributed by atoms with Crippen molar-refractivity contribution in [3.8, 4) is 0 Å². The Labute approximate surface area is 147 Å². The summed E-state index contributed by atoms with van der Waals surface area (Å²) in [7, 11) is 0. The van der Waals surface area contributed by atoms with Gasteiger partial charge in [0.25, 0.3) is 5.91 Å². The van der Waals surface area contributed by atoms with Crippen LogP contribution in [0.4, 0.5) is 13.9 Å². The molecule has 0 spiro atoms. The van der Waals surface area contributed by atoms with Gasteiger partial charge < -0.3 is 0 Å². The summed E-state index contributed by atoms with van der Waals surface area (Å²) in [6, 6.07) is 7.29. The van der Waals surface area contributed by atoms with E-state index in [9.17, 15) is 13.6 Å². The second-order valence-corrected chi connectivity index (χ2v) is 6.71. The number of thiazole rings is 1. The SMILES string of the molecule is Cc1ccc(C(=O)Nc2ncc(Cc3ccc(F)c(F)c3)s2)c(C)n1. The number of aryl methyl sites for hydroxylation is 2. The number of hydrogen-bond acceptors (Lipinski definition) is 4. The fourth-order valence-corrected chi connectivity index (χ4v) is 3.23. The maximum Gasteiger partial charge on any atom is 0.259 e. The molecule has 0 fully saturated rings. The number of amides is 1. The van der Waals surface area contributed by atoms with Crippen molar-refractivity contribution in [1.82, 2.24) is 9.97 Å². The maximum atomic E-state index is 13.3. The molecule has 0 aliphatic carbocycles. The number of benzene rings is 1. The summed E-state index contributed by atoms with van der Waals surface area (Å²) >= 11 is 1.29. The molecule has 1 aromatic carbocycles. The van der Waals surface area contributed by atoms with Crippen molar-refractivity contribution in [2.75, 3.05) is 5.32 Å². The van der Waals surface area contributed by atoms with Crippen LogP contribution in [0, 0.1) is 25.5 Å². The minimum atomic E-state index is -0.877. The van der Waals surface area contributed by atoms with Crippen molar-refractivity contribution >= 4 is 22.4 Å². The minimum absolute atomic E-state index is 0.279. The highest BCUT2D eigenvalue weighted by Gasteiger charge is 2.13. The van der Waals surface area contributed by atoms with Gasteiger partial charge in [0.2, 0.25) is 0 Å². The van der Waals surface area contributed by atoms with E-state index in [1.165, 1.54) is 17.4 Å². The molecule has 3 aromatic rings. The fraction of sp³-hybridized carbons (Fsp3) is 0.167. The molecule has 0 saturated carbocycles. The van der Waals surface area contributed by atoms with E-state index >= 15 is 0 Å². The van der Waals surface area contributed by atoms with E-state index in [4.69, 9.17) is 0 Å². The topological polar surface area (TPSA) is 54.9 Å². The van der Waals surface area contributed by atoms with E-state index in [-0.39, 0.29) is 5.91 Å². The molecule has 4 nitrogen and oxygen atoms in total. The Hall–Kier alpha value is -2.67. The molecule has 7 heteroatoms. The summed E-state index contributed by atoms with van der Waals surface area (Å²) in [5.74, 6) is -2.03. The van der Waals surface area contributed by atoms with E-state index < -0.39 is 11.6 Å². The average molecular weight is 359 g/mol. The standard InChI is InChI=1S/C18H15F2N3OS/c1-10-3-5-14(11(2)22-10)17(24)23-18-21-9-13(25-18)7-12-4-6-15(19)16(20)8-12/h3-6,8-9H,7H2,1-2H3,(H,21,23,24). The smallest absolute Gasteiger partial charge is 0.259 e. The zero-order valence-corrected chi connectivity index (χ0v) is 14.5. The van der Waals surface area contributed by atoms with Crippen molar-refractivity contribution in [2.24, 2.45) is 0 Å². The Morgan fingerprint density at radius 2 is 1.96 bits per heavy atom. The van der Waals surface area contributed by atoms with E-state index in [2.05, 4.69) is 15.3 Å². The largest absolute Gasteiger partial charge is 0.298 e. The Balaban J connectivity index is 1.70. The average Bonchev–Trinajstić information content (AvgIpc) is 2.97. The van der Waals surface area contributed by atoms with Gasteiger partial charge in [-0.05, 0) is 43.7 Å².